The number of nitrogens with zero attached hydrogens (tertiary/aromatic N) is 1. The van der Waals surface area contributed by atoms with Crippen LogP contribution in [-0.2, 0) is 0 Å². The smallest absolute Gasteiger partial charge is 0.253 e. The van der Waals surface area contributed by atoms with Gasteiger partial charge in [-0.25, -0.2) is 0 Å². The normalized spacial score (nSPS) is 11.7. The molecule has 0 aromatic heterocycles. The van der Waals surface area contributed by atoms with Crippen molar-refractivity contribution in [3.8, 4) is 0 Å². The predicted molar refractivity (Wildman–Crippen MR) is 72.2 cm³/mol. The molecule has 0 aliphatic carbocycles. The molecule has 0 heterocycles. The van der Waals surface area contributed by atoms with Crippen LogP contribution in [0.2, 0.25) is 0 Å². The van der Waals surface area contributed by atoms with Crippen molar-refractivity contribution in [1.82, 2.24) is 4.90 Å². The van der Waals surface area contributed by atoms with E-state index in [0.29, 0.717) is 11.3 Å². The quantitative estimate of drug-likeness (QED) is 0.617. The van der Waals surface area contributed by atoms with Gasteiger partial charge in [0.1, 0.15) is 0 Å². The maximum Gasteiger partial charge on any atom is 0.253 e. The third kappa shape index (κ3) is 3.24. The summed E-state index contributed by atoms with van der Waals surface area (Å²) in [5.74, 6) is -0.0423. The number of benzene rings is 1. The molecule has 17 heavy (non-hydrogen) atoms. The van der Waals surface area contributed by atoms with Crippen LogP contribution < -0.4 is 11.1 Å². The van der Waals surface area contributed by atoms with E-state index in [1.807, 2.05) is 6.92 Å². The molecule has 0 aliphatic heterocycles. The van der Waals surface area contributed by atoms with Crippen molar-refractivity contribution in [2.75, 3.05) is 25.1 Å². The van der Waals surface area contributed by atoms with Gasteiger partial charge in [0.2, 0.25) is 0 Å². The minimum atomic E-state index is -0.0423. The van der Waals surface area contributed by atoms with Gasteiger partial charge in [0.05, 0.1) is 11.4 Å². The molecule has 92 valence electrons. The van der Waals surface area contributed by atoms with Gasteiger partial charge in [-0.1, -0.05) is 6.08 Å². The number of carbonyl (C=O) groups is 1. The van der Waals surface area contributed by atoms with Crippen LogP contribution in [0, 0.1) is 0 Å². The number of hydrogen-bond acceptors (Lipinski definition) is 3. The molecule has 0 saturated heterocycles. The van der Waals surface area contributed by atoms with Crippen LogP contribution in [0.5, 0.6) is 0 Å². The molecule has 0 spiro atoms. The minimum Gasteiger partial charge on any atom is -0.397 e. The van der Waals surface area contributed by atoms with Gasteiger partial charge in [0.25, 0.3) is 5.91 Å². The Morgan fingerprint density at radius 1 is 1.53 bits per heavy atom. The Morgan fingerprint density at radius 2 is 2.18 bits per heavy atom. The van der Waals surface area contributed by atoms with Crippen molar-refractivity contribution < 1.29 is 4.79 Å². The lowest BCUT2D eigenvalue weighted by atomic mass is 10.1. The van der Waals surface area contributed by atoms with Gasteiger partial charge in [0, 0.05) is 25.7 Å². The summed E-state index contributed by atoms with van der Waals surface area (Å²) in [5, 5.41) is 3.18. The van der Waals surface area contributed by atoms with Crippen LogP contribution in [0.25, 0.3) is 0 Å². The molecular formula is C13H19N3O. The van der Waals surface area contributed by atoms with Gasteiger partial charge in [-0.2, -0.15) is 0 Å². The molecule has 1 unspecified atom stereocenters. The highest BCUT2D eigenvalue weighted by Crippen LogP contribution is 2.21. The Morgan fingerprint density at radius 3 is 2.71 bits per heavy atom. The Bertz CT molecular complexity index is 427. The van der Waals surface area contributed by atoms with E-state index in [1.54, 1.807) is 38.4 Å². The summed E-state index contributed by atoms with van der Waals surface area (Å²) in [7, 11) is 3.44. The molecule has 0 fully saturated rings. The number of rotatable bonds is 4. The zero-order chi connectivity index (χ0) is 13.0. The van der Waals surface area contributed by atoms with Crippen LogP contribution in [0.3, 0.4) is 0 Å². The Balaban J connectivity index is 3.02. The largest absolute Gasteiger partial charge is 0.397 e. The monoisotopic (exact) mass is 233 g/mol. The summed E-state index contributed by atoms with van der Waals surface area (Å²) in [6.45, 7) is 5.66. The summed E-state index contributed by atoms with van der Waals surface area (Å²) in [5.41, 5.74) is 7.84. The summed E-state index contributed by atoms with van der Waals surface area (Å²) < 4.78 is 0. The number of amides is 1. The first kappa shape index (κ1) is 13.1. The van der Waals surface area contributed by atoms with Crippen LogP contribution in [0.4, 0.5) is 11.4 Å². The molecule has 1 amide bonds. The van der Waals surface area contributed by atoms with E-state index < -0.39 is 0 Å². The molecule has 1 atom stereocenters. The first-order chi connectivity index (χ1) is 7.95. The topological polar surface area (TPSA) is 58.4 Å². The van der Waals surface area contributed by atoms with Crippen molar-refractivity contribution in [3.63, 3.8) is 0 Å². The number of carbonyl (C=O) groups excluding carboxylic acids is 1. The van der Waals surface area contributed by atoms with E-state index >= 15 is 0 Å². The van der Waals surface area contributed by atoms with Crippen molar-refractivity contribution in [2.45, 2.75) is 13.0 Å². The van der Waals surface area contributed by atoms with Crippen molar-refractivity contribution in [2.24, 2.45) is 0 Å². The molecule has 0 radical (unpaired) electrons. The van der Waals surface area contributed by atoms with E-state index in [9.17, 15) is 4.79 Å². The lowest BCUT2D eigenvalue weighted by Crippen LogP contribution is -2.22. The van der Waals surface area contributed by atoms with Crippen molar-refractivity contribution in [3.05, 3.63) is 36.4 Å². The molecule has 1 aromatic carbocycles. The summed E-state index contributed by atoms with van der Waals surface area (Å²) in [6, 6.07) is 5.32. The highest BCUT2D eigenvalue weighted by molar-refractivity contribution is 5.95. The molecule has 0 bridgehead atoms. The first-order valence-corrected chi connectivity index (χ1v) is 5.46. The average Bonchev–Trinajstić information content (AvgIpc) is 2.30. The maximum atomic E-state index is 11.8. The van der Waals surface area contributed by atoms with Crippen LogP contribution in [0.15, 0.2) is 30.9 Å². The zero-order valence-electron chi connectivity index (χ0n) is 10.5. The van der Waals surface area contributed by atoms with E-state index in [4.69, 9.17) is 5.73 Å². The summed E-state index contributed by atoms with van der Waals surface area (Å²) in [4.78, 5) is 13.3. The van der Waals surface area contributed by atoms with Crippen LogP contribution >= 0.6 is 0 Å². The number of anilines is 2. The number of nitrogens with two attached hydrogens (primary N) is 1. The SMILES string of the molecule is C=CC(C)Nc1cc(C(=O)N(C)C)ccc1N. The third-order valence-corrected chi connectivity index (χ3v) is 2.44. The number of nitrogens with one attached hydrogen (secondary N) is 1. The molecule has 1 aromatic rings. The molecule has 4 heteroatoms. The third-order valence-electron chi connectivity index (χ3n) is 2.44. The maximum absolute atomic E-state index is 11.8. The number of hydrogen-bond donors (Lipinski definition) is 2. The fourth-order valence-corrected chi connectivity index (χ4v) is 1.38. The number of nitrogen functional groups attached to an aromatic ring is 1. The molecule has 4 nitrogen and oxygen atoms in total. The van der Waals surface area contributed by atoms with Gasteiger partial charge in [0.15, 0.2) is 0 Å². The fourth-order valence-electron chi connectivity index (χ4n) is 1.38. The first-order valence-electron chi connectivity index (χ1n) is 5.46. The Kier molecular flexibility index (Phi) is 4.15. The second-order valence-electron chi connectivity index (χ2n) is 4.17. The van der Waals surface area contributed by atoms with Crippen LogP contribution in [0.1, 0.15) is 17.3 Å². The highest BCUT2D eigenvalue weighted by Gasteiger charge is 2.10. The second-order valence-corrected chi connectivity index (χ2v) is 4.17. The molecule has 1 rings (SSSR count). The van der Waals surface area contributed by atoms with Gasteiger partial charge in [-0.3, -0.25) is 4.79 Å². The van der Waals surface area contributed by atoms with Gasteiger partial charge >= 0.3 is 0 Å². The lowest BCUT2D eigenvalue weighted by molar-refractivity contribution is 0.0827. The average molecular weight is 233 g/mol. The van der Waals surface area contributed by atoms with Gasteiger partial charge in [-0.15, -0.1) is 6.58 Å². The molecule has 0 aliphatic rings. The molecular weight excluding hydrogens is 214 g/mol. The van der Waals surface area contributed by atoms with Crippen LogP contribution in [-0.4, -0.2) is 30.9 Å². The van der Waals surface area contributed by atoms with Crippen molar-refractivity contribution in [1.29, 1.82) is 0 Å². The molecule has 0 saturated carbocycles. The van der Waals surface area contributed by atoms with E-state index in [0.717, 1.165) is 5.69 Å². The van der Waals surface area contributed by atoms with E-state index in [1.165, 1.54) is 4.90 Å². The van der Waals surface area contributed by atoms with Gasteiger partial charge in [-0.05, 0) is 25.1 Å². The predicted octanol–water partition coefficient (Wildman–Crippen LogP) is 1.96. The highest BCUT2D eigenvalue weighted by atomic mass is 16.2. The van der Waals surface area contributed by atoms with E-state index in [2.05, 4.69) is 11.9 Å². The van der Waals surface area contributed by atoms with Gasteiger partial charge < -0.3 is 16.0 Å². The standard InChI is InChI=1S/C13H19N3O/c1-5-9(2)15-12-8-10(6-7-11(12)14)13(17)16(3)4/h5-9,15H,1,14H2,2-4H3. The Hall–Kier alpha value is -1.97. The second kappa shape index (κ2) is 5.39. The van der Waals surface area contributed by atoms with E-state index in [-0.39, 0.29) is 11.9 Å². The fraction of sp³-hybridized carbons (Fsp3) is 0.308. The molecule has 3 N–H and O–H groups in total. The van der Waals surface area contributed by atoms with Crippen molar-refractivity contribution >= 4 is 17.3 Å². The Labute approximate surface area is 102 Å². The zero-order valence-corrected chi connectivity index (χ0v) is 10.5. The summed E-state index contributed by atoms with van der Waals surface area (Å²) >= 11 is 0. The lowest BCUT2D eigenvalue weighted by Gasteiger charge is -2.16. The minimum absolute atomic E-state index is 0.0423. The summed E-state index contributed by atoms with van der Waals surface area (Å²) in [6.07, 6.45) is 1.78.